The zero-order valence-electron chi connectivity index (χ0n) is 10.6. The van der Waals surface area contributed by atoms with Crippen LogP contribution in [0.25, 0.3) is 0 Å². The maximum atomic E-state index is 10.4. The van der Waals surface area contributed by atoms with Gasteiger partial charge in [-0.2, -0.15) is 0 Å². The maximum Gasteiger partial charge on any atom is 0.404 e. The minimum Gasteiger partial charge on any atom is -0.465 e. The Labute approximate surface area is 117 Å². The number of amides is 1. The van der Waals surface area contributed by atoms with E-state index in [-0.39, 0.29) is 0 Å². The standard InChI is InChI=1S/C13H18ClN3O2/c14-10-1-2-12(11(15)7-10)17-6-4-9(8-17)3-5-16-13(18)19/h1-2,7,9,16H,3-6,8,15H2,(H,18,19). The van der Waals surface area contributed by atoms with Crippen molar-refractivity contribution >= 4 is 29.1 Å². The van der Waals surface area contributed by atoms with Crippen LogP contribution in [0.3, 0.4) is 0 Å². The first-order valence-electron chi connectivity index (χ1n) is 6.33. The summed E-state index contributed by atoms with van der Waals surface area (Å²) < 4.78 is 0. The Balaban J connectivity index is 1.89. The average Bonchev–Trinajstić information content (AvgIpc) is 2.77. The van der Waals surface area contributed by atoms with Gasteiger partial charge in [0.1, 0.15) is 0 Å². The molecule has 1 amide bonds. The molecule has 4 N–H and O–H groups in total. The van der Waals surface area contributed by atoms with Crippen LogP contribution in [0.5, 0.6) is 0 Å². The summed E-state index contributed by atoms with van der Waals surface area (Å²) in [6, 6.07) is 5.54. The molecule has 1 atom stereocenters. The molecule has 0 radical (unpaired) electrons. The number of halogens is 1. The Morgan fingerprint density at radius 2 is 2.37 bits per heavy atom. The average molecular weight is 284 g/mol. The molecule has 2 rings (SSSR count). The fourth-order valence-corrected chi connectivity index (χ4v) is 2.66. The van der Waals surface area contributed by atoms with Crippen LogP contribution in [0.15, 0.2) is 18.2 Å². The molecule has 0 aliphatic carbocycles. The largest absolute Gasteiger partial charge is 0.465 e. The second kappa shape index (κ2) is 6.02. The Kier molecular flexibility index (Phi) is 4.37. The van der Waals surface area contributed by atoms with Gasteiger partial charge in [0.15, 0.2) is 0 Å². The van der Waals surface area contributed by atoms with Crippen LogP contribution in [0.4, 0.5) is 16.2 Å². The van der Waals surface area contributed by atoms with Crippen molar-refractivity contribution in [1.82, 2.24) is 5.32 Å². The molecule has 1 fully saturated rings. The number of hydrogen-bond donors (Lipinski definition) is 3. The summed E-state index contributed by atoms with van der Waals surface area (Å²) in [5.41, 5.74) is 7.67. The second-order valence-corrected chi connectivity index (χ2v) is 5.26. The molecule has 1 aromatic rings. The molecule has 5 nitrogen and oxygen atoms in total. The lowest BCUT2D eigenvalue weighted by Crippen LogP contribution is -2.25. The first-order valence-corrected chi connectivity index (χ1v) is 6.71. The third-order valence-electron chi connectivity index (χ3n) is 3.44. The van der Waals surface area contributed by atoms with Gasteiger partial charge in [-0.25, -0.2) is 4.79 Å². The van der Waals surface area contributed by atoms with Gasteiger partial charge in [0, 0.05) is 24.7 Å². The molecule has 1 aromatic carbocycles. The Morgan fingerprint density at radius 3 is 3.05 bits per heavy atom. The number of anilines is 2. The van der Waals surface area contributed by atoms with E-state index in [0.29, 0.717) is 23.2 Å². The van der Waals surface area contributed by atoms with Crippen molar-refractivity contribution in [1.29, 1.82) is 0 Å². The molecular formula is C13H18ClN3O2. The van der Waals surface area contributed by atoms with Crippen molar-refractivity contribution in [3.05, 3.63) is 23.2 Å². The molecule has 0 saturated carbocycles. The van der Waals surface area contributed by atoms with Crippen LogP contribution < -0.4 is 16.0 Å². The van der Waals surface area contributed by atoms with Gasteiger partial charge in [-0.15, -0.1) is 0 Å². The first kappa shape index (κ1) is 13.8. The van der Waals surface area contributed by atoms with Crippen LogP contribution in [0, 0.1) is 5.92 Å². The van der Waals surface area contributed by atoms with Crippen molar-refractivity contribution in [2.75, 3.05) is 30.3 Å². The minimum atomic E-state index is -0.961. The quantitative estimate of drug-likeness (QED) is 0.742. The van der Waals surface area contributed by atoms with Gasteiger partial charge in [0.2, 0.25) is 0 Å². The van der Waals surface area contributed by atoms with Crippen LogP contribution in [0.1, 0.15) is 12.8 Å². The lowest BCUT2D eigenvalue weighted by atomic mass is 10.1. The fourth-order valence-electron chi connectivity index (χ4n) is 2.48. The highest BCUT2D eigenvalue weighted by Crippen LogP contribution is 2.31. The van der Waals surface area contributed by atoms with Gasteiger partial charge in [-0.3, -0.25) is 0 Å². The Hall–Kier alpha value is -1.62. The highest BCUT2D eigenvalue weighted by Gasteiger charge is 2.23. The monoisotopic (exact) mass is 283 g/mol. The van der Waals surface area contributed by atoms with Crippen molar-refractivity contribution in [3.8, 4) is 0 Å². The summed E-state index contributed by atoms with van der Waals surface area (Å²) in [6.07, 6.45) is 0.955. The molecule has 6 heteroatoms. The van der Waals surface area contributed by atoms with Crippen molar-refractivity contribution in [2.45, 2.75) is 12.8 Å². The maximum absolute atomic E-state index is 10.4. The van der Waals surface area contributed by atoms with Crippen molar-refractivity contribution < 1.29 is 9.90 Å². The van der Waals surface area contributed by atoms with E-state index >= 15 is 0 Å². The lowest BCUT2D eigenvalue weighted by molar-refractivity contribution is 0.194. The van der Waals surface area contributed by atoms with Gasteiger partial charge in [-0.1, -0.05) is 11.6 Å². The van der Waals surface area contributed by atoms with E-state index in [9.17, 15) is 4.79 Å². The molecule has 1 unspecified atom stereocenters. The van der Waals surface area contributed by atoms with E-state index in [4.69, 9.17) is 22.4 Å². The molecule has 1 heterocycles. The van der Waals surface area contributed by atoms with E-state index < -0.39 is 6.09 Å². The van der Waals surface area contributed by atoms with Crippen molar-refractivity contribution in [3.63, 3.8) is 0 Å². The normalized spacial score (nSPS) is 18.6. The number of nitrogens with zero attached hydrogens (tertiary/aromatic N) is 1. The van der Waals surface area contributed by atoms with Gasteiger partial charge in [0.05, 0.1) is 11.4 Å². The number of rotatable bonds is 4. The van der Waals surface area contributed by atoms with E-state index in [0.717, 1.165) is 31.6 Å². The number of carbonyl (C=O) groups is 1. The third kappa shape index (κ3) is 3.67. The Bertz CT molecular complexity index is 467. The van der Waals surface area contributed by atoms with Crippen molar-refractivity contribution in [2.24, 2.45) is 5.92 Å². The van der Waals surface area contributed by atoms with Crippen LogP contribution in [-0.4, -0.2) is 30.8 Å². The van der Waals surface area contributed by atoms with Crippen LogP contribution in [0.2, 0.25) is 5.02 Å². The molecule has 0 bridgehead atoms. The number of nitrogens with two attached hydrogens (primary N) is 1. The molecule has 1 saturated heterocycles. The highest BCUT2D eigenvalue weighted by atomic mass is 35.5. The summed E-state index contributed by atoms with van der Waals surface area (Å²) in [4.78, 5) is 12.6. The molecule has 0 aromatic heterocycles. The Morgan fingerprint density at radius 1 is 1.58 bits per heavy atom. The van der Waals surface area contributed by atoms with Gasteiger partial charge >= 0.3 is 6.09 Å². The van der Waals surface area contributed by atoms with Gasteiger partial charge in [-0.05, 0) is 37.0 Å². The summed E-state index contributed by atoms with van der Waals surface area (Å²) in [5, 5.41) is 11.6. The van der Waals surface area contributed by atoms with E-state index in [1.165, 1.54) is 0 Å². The number of benzene rings is 1. The SMILES string of the molecule is Nc1cc(Cl)ccc1N1CCC(CCNC(=O)O)C1. The minimum absolute atomic E-state index is 0.502. The summed E-state index contributed by atoms with van der Waals surface area (Å²) in [7, 11) is 0. The zero-order chi connectivity index (χ0) is 13.8. The second-order valence-electron chi connectivity index (χ2n) is 4.82. The zero-order valence-corrected chi connectivity index (χ0v) is 11.4. The highest BCUT2D eigenvalue weighted by molar-refractivity contribution is 6.31. The summed E-state index contributed by atoms with van der Waals surface area (Å²) >= 11 is 5.89. The summed E-state index contributed by atoms with van der Waals surface area (Å²) in [6.45, 7) is 2.36. The summed E-state index contributed by atoms with van der Waals surface area (Å²) in [5.74, 6) is 0.502. The predicted molar refractivity (Wildman–Crippen MR) is 76.8 cm³/mol. The van der Waals surface area contributed by atoms with Gasteiger partial charge < -0.3 is 21.1 Å². The molecule has 0 spiro atoms. The number of carboxylic acid groups (broad SMARTS) is 1. The van der Waals surface area contributed by atoms with E-state index in [1.807, 2.05) is 12.1 Å². The molecule has 1 aliphatic rings. The molecular weight excluding hydrogens is 266 g/mol. The molecule has 104 valence electrons. The number of nitrogen functional groups attached to an aromatic ring is 1. The predicted octanol–water partition coefficient (Wildman–Crippen LogP) is 2.41. The van der Waals surface area contributed by atoms with Crippen LogP contribution in [-0.2, 0) is 0 Å². The van der Waals surface area contributed by atoms with E-state index in [1.54, 1.807) is 6.07 Å². The topological polar surface area (TPSA) is 78.6 Å². The number of nitrogens with one attached hydrogen (secondary N) is 1. The first-order chi connectivity index (χ1) is 9.06. The smallest absolute Gasteiger partial charge is 0.404 e. The molecule has 1 aliphatic heterocycles. The number of hydrogen-bond acceptors (Lipinski definition) is 3. The third-order valence-corrected chi connectivity index (χ3v) is 3.68. The van der Waals surface area contributed by atoms with E-state index in [2.05, 4.69) is 10.2 Å². The van der Waals surface area contributed by atoms with Crippen LogP contribution >= 0.6 is 11.6 Å². The van der Waals surface area contributed by atoms with Gasteiger partial charge in [0.25, 0.3) is 0 Å². The fraction of sp³-hybridized carbons (Fsp3) is 0.462. The lowest BCUT2D eigenvalue weighted by Gasteiger charge is -2.20. The molecule has 19 heavy (non-hydrogen) atoms.